The lowest BCUT2D eigenvalue weighted by atomic mass is 10.1. The molecule has 5 heteroatoms. The Labute approximate surface area is 140 Å². The van der Waals surface area contributed by atoms with Gasteiger partial charge in [0.1, 0.15) is 12.4 Å². The highest BCUT2D eigenvalue weighted by molar-refractivity contribution is 6.42. The molecule has 0 bridgehead atoms. The van der Waals surface area contributed by atoms with E-state index in [2.05, 4.69) is 5.32 Å². The standard InChI is InChI=1S/C16H16Cl3NO/c1-20-13(9-11-3-2-4-15(18)16(11)19)10-21-14-7-5-12(17)6-8-14/h2-8,13,20H,9-10H2,1H3. The number of nitrogens with one attached hydrogen (secondary N) is 1. The second kappa shape index (κ2) is 7.90. The molecule has 0 aromatic heterocycles. The van der Waals surface area contributed by atoms with Crippen LogP contribution >= 0.6 is 34.8 Å². The largest absolute Gasteiger partial charge is 0.492 e. The van der Waals surface area contributed by atoms with Crippen molar-refractivity contribution in [3.05, 3.63) is 63.1 Å². The van der Waals surface area contributed by atoms with Gasteiger partial charge in [-0.3, -0.25) is 0 Å². The maximum atomic E-state index is 6.21. The molecule has 0 amide bonds. The fourth-order valence-electron chi connectivity index (χ4n) is 1.94. The molecule has 1 atom stereocenters. The Morgan fingerprint density at radius 1 is 1.05 bits per heavy atom. The summed E-state index contributed by atoms with van der Waals surface area (Å²) in [7, 11) is 1.90. The number of hydrogen-bond acceptors (Lipinski definition) is 2. The van der Waals surface area contributed by atoms with Crippen LogP contribution in [0.4, 0.5) is 0 Å². The van der Waals surface area contributed by atoms with Crippen LogP contribution in [-0.4, -0.2) is 19.7 Å². The van der Waals surface area contributed by atoms with Crippen LogP contribution in [0.2, 0.25) is 15.1 Å². The van der Waals surface area contributed by atoms with Crippen molar-refractivity contribution >= 4 is 34.8 Å². The summed E-state index contributed by atoms with van der Waals surface area (Å²) in [5, 5.41) is 5.09. The van der Waals surface area contributed by atoms with Gasteiger partial charge in [-0.05, 0) is 49.4 Å². The molecule has 2 aromatic rings. The summed E-state index contributed by atoms with van der Waals surface area (Å²) in [6.45, 7) is 0.529. The molecule has 2 aromatic carbocycles. The van der Waals surface area contributed by atoms with Crippen LogP contribution in [0, 0.1) is 0 Å². The summed E-state index contributed by atoms with van der Waals surface area (Å²) in [5.41, 5.74) is 1.00. The third kappa shape index (κ3) is 4.79. The van der Waals surface area contributed by atoms with E-state index in [4.69, 9.17) is 39.5 Å². The Bertz CT molecular complexity index is 587. The Morgan fingerprint density at radius 2 is 1.76 bits per heavy atom. The Kier molecular flexibility index (Phi) is 6.19. The molecule has 0 spiro atoms. The highest BCUT2D eigenvalue weighted by atomic mass is 35.5. The minimum atomic E-state index is 0.136. The van der Waals surface area contributed by atoms with E-state index in [9.17, 15) is 0 Å². The lowest BCUT2D eigenvalue weighted by Crippen LogP contribution is -2.33. The first kappa shape index (κ1) is 16.4. The first-order chi connectivity index (χ1) is 10.1. The summed E-state index contributed by atoms with van der Waals surface area (Å²) >= 11 is 18.1. The molecule has 0 aliphatic heterocycles. The number of hydrogen-bond donors (Lipinski definition) is 1. The molecular formula is C16H16Cl3NO. The van der Waals surface area contributed by atoms with Gasteiger partial charge in [-0.15, -0.1) is 0 Å². The monoisotopic (exact) mass is 343 g/mol. The van der Waals surface area contributed by atoms with E-state index < -0.39 is 0 Å². The highest BCUT2D eigenvalue weighted by Gasteiger charge is 2.12. The van der Waals surface area contributed by atoms with Crippen LogP contribution < -0.4 is 10.1 Å². The smallest absolute Gasteiger partial charge is 0.119 e. The van der Waals surface area contributed by atoms with E-state index >= 15 is 0 Å². The summed E-state index contributed by atoms with van der Waals surface area (Å²) in [4.78, 5) is 0. The van der Waals surface area contributed by atoms with Crippen LogP contribution in [0.5, 0.6) is 5.75 Å². The van der Waals surface area contributed by atoms with Gasteiger partial charge in [0.15, 0.2) is 0 Å². The van der Waals surface area contributed by atoms with Gasteiger partial charge in [-0.2, -0.15) is 0 Å². The van der Waals surface area contributed by atoms with Crippen LogP contribution in [0.3, 0.4) is 0 Å². The third-order valence-corrected chi connectivity index (χ3v) is 4.28. The van der Waals surface area contributed by atoms with E-state index in [0.717, 1.165) is 17.7 Å². The second-order valence-electron chi connectivity index (χ2n) is 4.67. The third-order valence-electron chi connectivity index (χ3n) is 3.17. The lowest BCUT2D eigenvalue weighted by molar-refractivity contribution is 0.270. The quantitative estimate of drug-likeness (QED) is 0.808. The molecular weight excluding hydrogens is 329 g/mol. The average Bonchev–Trinajstić information content (AvgIpc) is 2.49. The van der Waals surface area contributed by atoms with Crippen molar-refractivity contribution < 1.29 is 4.74 Å². The van der Waals surface area contributed by atoms with Crippen molar-refractivity contribution in [3.8, 4) is 5.75 Å². The summed E-state index contributed by atoms with van der Waals surface area (Å²) in [6.07, 6.45) is 0.740. The zero-order valence-electron chi connectivity index (χ0n) is 11.6. The van der Waals surface area contributed by atoms with E-state index in [-0.39, 0.29) is 6.04 Å². The zero-order chi connectivity index (χ0) is 15.2. The van der Waals surface area contributed by atoms with Gasteiger partial charge in [0.05, 0.1) is 10.0 Å². The van der Waals surface area contributed by atoms with Crippen LogP contribution in [-0.2, 0) is 6.42 Å². The Balaban J connectivity index is 1.97. The van der Waals surface area contributed by atoms with Crippen LogP contribution in [0.1, 0.15) is 5.56 Å². The molecule has 0 aliphatic rings. The second-order valence-corrected chi connectivity index (χ2v) is 5.89. The first-order valence-corrected chi connectivity index (χ1v) is 7.72. The highest BCUT2D eigenvalue weighted by Crippen LogP contribution is 2.26. The number of likely N-dealkylation sites (N-methyl/N-ethyl adjacent to an activating group) is 1. The summed E-state index contributed by atoms with van der Waals surface area (Å²) in [6, 6.07) is 13.1. The Morgan fingerprint density at radius 3 is 2.43 bits per heavy atom. The fourth-order valence-corrected chi connectivity index (χ4v) is 2.47. The van der Waals surface area contributed by atoms with Gasteiger partial charge in [-0.1, -0.05) is 46.9 Å². The first-order valence-electron chi connectivity index (χ1n) is 6.58. The zero-order valence-corrected chi connectivity index (χ0v) is 13.8. The van der Waals surface area contributed by atoms with Crippen molar-refractivity contribution in [2.45, 2.75) is 12.5 Å². The van der Waals surface area contributed by atoms with Crippen molar-refractivity contribution in [1.82, 2.24) is 5.32 Å². The van der Waals surface area contributed by atoms with Crippen molar-refractivity contribution in [3.63, 3.8) is 0 Å². The molecule has 21 heavy (non-hydrogen) atoms. The maximum absolute atomic E-state index is 6.21. The minimum Gasteiger partial charge on any atom is -0.492 e. The molecule has 112 valence electrons. The van der Waals surface area contributed by atoms with E-state index in [0.29, 0.717) is 21.7 Å². The number of benzene rings is 2. The Hall–Kier alpha value is -0.930. The average molecular weight is 345 g/mol. The number of rotatable bonds is 6. The molecule has 0 aliphatic carbocycles. The van der Waals surface area contributed by atoms with E-state index in [1.165, 1.54) is 0 Å². The van der Waals surface area contributed by atoms with Gasteiger partial charge < -0.3 is 10.1 Å². The number of ether oxygens (including phenoxy) is 1. The normalized spacial score (nSPS) is 12.2. The predicted octanol–water partition coefficient (Wildman–Crippen LogP) is 4.86. The van der Waals surface area contributed by atoms with Crippen LogP contribution in [0.15, 0.2) is 42.5 Å². The van der Waals surface area contributed by atoms with Gasteiger partial charge in [0, 0.05) is 11.1 Å². The van der Waals surface area contributed by atoms with Gasteiger partial charge in [-0.25, -0.2) is 0 Å². The van der Waals surface area contributed by atoms with Crippen molar-refractivity contribution in [2.24, 2.45) is 0 Å². The van der Waals surface area contributed by atoms with Crippen molar-refractivity contribution in [1.29, 1.82) is 0 Å². The van der Waals surface area contributed by atoms with Gasteiger partial charge in [0.2, 0.25) is 0 Å². The number of halogens is 3. The molecule has 1 unspecified atom stereocenters. The summed E-state index contributed by atoms with van der Waals surface area (Å²) < 4.78 is 5.76. The molecule has 1 N–H and O–H groups in total. The van der Waals surface area contributed by atoms with Gasteiger partial charge >= 0.3 is 0 Å². The van der Waals surface area contributed by atoms with Crippen LogP contribution in [0.25, 0.3) is 0 Å². The van der Waals surface area contributed by atoms with Crippen molar-refractivity contribution in [2.75, 3.05) is 13.7 Å². The van der Waals surface area contributed by atoms with E-state index in [1.54, 1.807) is 18.2 Å². The molecule has 0 heterocycles. The lowest BCUT2D eigenvalue weighted by Gasteiger charge is -2.18. The predicted molar refractivity (Wildman–Crippen MR) is 90.0 cm³/mol. The molecule has 2 nitrogen and oxygen atoms in total. The molecule has 0 fully saturated rings. The maximum Gasteiger partial charge on any atom is 0.119 e. The van der Waals surface area contributed by atoms with E-state index in [1.807, 2.05) is 31.3 Å². The SMILES string of the molecule is CNC(COc1ccc(Cl)cc1)Cc1cccc(Cl)c1Cl. The molecule has 0 radical (unpaired) electrons. The molecule has 0 saturated heterocycles. The van der Waals surface area contributed by atoms with Gasteiger partial charge in [0.25, 0.3) is 0 Å². The summed E-state index contributed by atoms with van der Waals surface area (Å²) in [5.74, 6) is 0.789. The topological polar surface area (TPSA) is 21.3 Å². The minimum absolute atomic E-state index is 0.136. The molecule has 0 saturated carbocycles. The fraction of sp³-hybridized carbons (Fsp3) is 0.250. The molecule has 2 rings (SSSR count).